The number of hydrogen-bond donors (Lipinski definition) is 1. The molecule has 198 valence electrons. The summed E-state index contributed by atoms with van der Waals surface area (Å²) in [7, 11) is -2.32. The van der Waals surface area contributed by atoms with Crippen LogP contribution in [0.4, 0.5) is 0 Å². The molecule has 38 heavy (non-hydrogen) atoms. The van der Waals surface area contributed by atoms with E-state index in [2.05, 4.69) is 11.9 Å². The zero-order chi connectivity index (χ0) is 27.8. The van der Waals surface area contributed by atoms with Crippen LogP contribution in [-0.2, 0) is 25.2 Å². The molecule has 0 bridgehead atoms. The average molecular weight is 552 g/mol. The van der Waals surface area contributed by atoms with Crippen molar-refractivity contribution in [3.8, 4) is 0 Å². The van der Waals surface area contributed by atoms with E-state index in [9.17, 15) is 24.0 Å². The summed E-state index contributed by atoms with van der Waals surface area (Å²) in [5.41, 5.74) is 1.63. The Morgan fingerprint density at radius 3 is 2.08 bits per heavy atom. The minimum Gasteiger partial charge on any atom is -0.518 e. The molecule has 3 unspecified atom stereocenters. The normalized spacial score (nSPS) is 19.5. The van der Waals surface area contributed by atoms with E-state index < -0.39 is 55.4 Å². The molecule has 2 heterocycles. The third-order valence-corrected chi connectivity index (χ3v) is 8.02. The van der Waals surface area contributed by atoms with Crippen LogP contribution in [0.3, 0.4) is 0 Å². The van der Waals surface area contributed by atoms with Crippen molar-refractivity contribution < 1.29 is 28.4 Å². The molecule has 0 aromatic heterocycles. The number of imide groups is 1. The first-order chi connectivity index (χ1) is 17.9. The van der Waals surface area contributed by atoms with Crippen LogP contribution in [0.15, 0.2) is 66.7 Å². The number of nitrogens with zero attached hydrogens (tertiary/aromatic N) is 2. The molecule has 0 aliphatic carbocycles. The second-order valence-corrected chi connectivity index (χ2v) is 15.7. The first-order valence-corrected chi connectivity index (χ1v) is 16.3. The van der Waals surface area contributed by atoms with Crippen LogP contribution in [-0.4, -0.2) is 64.6 Å². The number of amides is 4. The van der Waals surface area contributed by atoms with Crippen molar-refractivity contribution in [2.45, 2.75) is 50.4 Å². The average Bonchev–Trinajstić information content (AvgIpc) is 3.09. The summed E-state index contributed by atoms with van der Waals surface area (Å²) < 4.78 is 6.65. The molecule has 9 nitrogen and oxygen atoms in total. The molecule has 0 spiro atoms. The topological polar surface area (TPSA) is 113 Å². The van der Waals surface area contributed by atoms with Crippen LogP contribution >= 0.6 is 11.9 Å². The van der Waals surface area contributed by atoms with Crippen molar-refractivity contribution in [3.63, 3.8) is 0 Å². The number of hydrogen-bond acceptors (Lipinski definition) is 7. The van der Waals surface area contributed by atoms with E-state index in [1.54, 1.807) is 55.5 Å². The van der Waals surface area contributed by atoms with Crippen LogP contribution in [0, 0.1) is 0 Å². The van der Waals surface area contributed by atoms with E-state index in [0.717, 1.165) is 21.8 Å². The lowest BCUT2D eigenvalue weighted by Crippen LogP contribution is -2.73. The first kappa shape index (κ1) is 27.3. The Morgan fingerprint density at radius 2 is 1.55 bits per heavy atom. The van der Waals surface area contributed by atoms with Gasteiger partial charge in [0.1, 0.15) is 11.4 Å². The number of rotatable bonds is 9. The van der Waals surface area contributed by atoms with E-state index in [-0.39, 0.29) is 17.5 Å². The van der Waals surface area contributed by atoms with E-state index in [1.807, 2.05) is 25.7 Å². The van der Waals surface area contributed by atoms with Crippen molar-refractivity contribution in [1.82, 2.24) is 14.5 Å². The molecule has 1 N–H and O–H groups in total. The van der Waals surface area contributed by atoms with Gasteiger partial charge in [-0.15, -0.1) is 0 Å². The molecular formula is C27H29N3O6SSi. The van der Waals surface area contributed by atoms with Gasteiger partial charge in [0.15, 0.2) is 6.04 Å². The van der Waals surface area contributed by atoms with Gasteiger partial charge in [0.05, 0.1) is 17.5 Å². The first-order valence-electron chi connectivity index (χ1n) is 12.1. The third kappa shape index (κ3) is 5.43. The predicted molar refractivity (Wildman–Crippen MR) is 145 cm³/mol. The standard InChI is InChI=1S/C27H29N3O6SSi/c1-16(2)22(27(35)36-38(3,4)5)29-25(34)21(28-20(31)15-17-11-7-6-8-12-17)26(29)37-30-23(32)18-13-9-10-14-19(18)24(30)33/h6-14,21-22,26H,1,15H2,2-5H3,(H,28,31). The fourth-order valence-corrected chi connectivity index (χ4v) is 6.24. The number of carbonyl (C=O) groups excluding carboxylic acids is 5. The highest BCUT2D eigenvalue weighted by atomic mass is 32.2. The number of nitrogens with one attached hydrogen (secondary N) is 1. The zero-order valence-electron chi connectivity index (χ0n) is 21.6. The second kappa shape index (κ2) is 10.6. The van der Waals surface area contributed by atoms with Gasteiger partial charge in [-0.3, -0.25) is 24.0 Å². The monoisotopic (exact) mass is 551 g/mol. The zero-order valence-corrected chi connectivity index (χ0v) is 23.4. The van der Waals surface area contributed by atoms with Crippen molar-refractivity contribution in [2.75, 3.05) is 0 Å². The molecule has 1 fully saturated rings. The number of β-lactam (4-membered cyclic amide) rings is 1. The number of fused-ring (bicyclic) bond motifs is 1. The van der Waals surface area contributed by atoms with Crippen molar-refractivity contribution in [1.29, 1.82) is 0 Å². The highest BCUT2D eigenvalue weighted by molar-refractivity contribution is 7.98. The minimum absolute atomic E-state index is 0.0383. The van der Waals surface area contributed by atoms with Crippen LogP contribution in [0.1, 0.15) is 33.2 Å². The number of likely N-dealkylation sites (tertiary alicyclic amines) is 1. The van der Waals surface area contributed by atoms with Crippen molar-refractivity contribution >= 4 is 49.9 Å². The lowest BCUT2D eigenvalue weighted by atomic mass is 9.99. The summed E-state index contributed by atoms with van der Waals surface area (Å²) in [5, 5.41) is 1.80. The van der Waals surface area contributed by atoms with Gasteiger partial charge in [0.2, 0.25) is 20.1 Å². The van der Waals surface area contributed by atoms with Gasteiger partial charge in [-0.2, -0.15) is 0 Å². The Bertz CT molecular complexity index is 1290. The van der Waals surface area contributed by atoms with Gasteiger partial charge in [-0.1, -0.05) is 49.0 Å². The largest absolute Gasteiger partial charge is 0.518 e. The smallest absolute Gasteiger partial charge is 0.319 e. The summed E-state index contributed by atoms with van der Waals surface area (Å²) in [5.74, 6) is -2.62. The third-order valence-electron chi connectivity index (χ3n) is 5.95. The molecule has 1 saturated heterocycles. The maximum atomic E-state index is 13.4. The summed E-state index contributed by atoms with van der Waals surface area (Å²) in [4.78, 5) is 66.8. The van der Waals surface area contributed by atoms with Gasteiger partial charge >= 0.3 is 5.97 Å². The van der Waals surface area contributed by atoms with Gasteiger partial charge < -0.3 is 14.6 Å². The van der Waals surface area contributed by atoms with E-state index >= 15 is 0 Å². The molecule has 11 heteroatoms. The van der Waals surface area contributed by atoms with E-state index in [4.69, 9.17) is 4.43 Å². The van der Waals surface area contributed by atoms with Gasteiger partial charge in [-0.05, 0) is 61.8 Å². The fourth-order valence-electron chi connectivity index (χ4n) is 4.29. The molecule has 2 aliphatic heterocycles. The molecule has 0 saturated carbocycles. The van der Waals surface area contributed by atoms with Gasteiger partial charge in [0.25, 0.3) is 11.8 Å². The SMILES string of the molecule is C=C(C)C(C(=O)O[Si](C)(C)C)N1C(=O)C(NC(=O)Cc2ccccc2)C1SN1C(=O)c2ccccc2C1=O. The Balaban J connectivity index is 1.62. The molecular weight excluding hydrogens is 522 g/mol. The summed E-state index contributed by atoms with van der Waals surface area (Å²) >= 11 is 0.803. The maximum absolute atomic E-state index is 13.4. The Hall–Kier alpha value is -3.70. The second-order valence-electron chi connectivity index (χ2n) is 10.2. The quantitative estimate of drug-likeness (QED) is 0.167. The highest BCUT2D eigenvalue weighted by Gasteiger charge is 2.56. The summed E-state index contributed by atoms with van der Waals surface area (Å²) in [6, 6.07) is 13.3. The van der Waals surface area contributed by atoms with Crippen LogP contribution in [0.2, 0.25) is 19.6 Å². The Labute approximate surface area is 226 Å². The van der Waals surface area contributed by atoms with Crippen LogP contribution in [0.25, 0.3) is 0 Å². The minimum atomic E-state index is -2.32. The molecule has 3 atom stereocenters. The molecule has 2 aromatic rings. The van der Waals surface area contributed by atoms with Crippen molar-refractivity contribution in [2.24, 2.45) is 0 Å². The Kier molecular flexibility index (Phi) is 7.61. The van der Waals surface area contributed by atoms with Crippen molar-refractivity contribution in [3.05, 3.63) is 83.4 Å². The number of benzene rings is 2. The van der Waals surface area contributed by atoms with E-state index in [1.165, 1.54) is 4.90 Å². The molecule has 0 radical (unpaired) electrons. The molecule has 4 amide bonds. The fraction of sp³-hybridized carbons (Fsp3) is 0.296. The number of carbonyl (C=O) groups is 5. The van der Waals surface area contributed by atoms with Crippen LogP contribution in [0.5, 0.6) is 0 Å². The lowest BCUT2D eigenvalue weighted by Gasteiger charge is -2.50. The predicted octanol–water partition coefficient (Wildman–Crippen LogP) is 3.15. The molecule has 2 aliphatic rings. The van der Waals surface area contributed by atoms with Gasteiger partial charge in [-0.25, -0.2) is 4.31 Å². The summed E-state index contributed by atoms with van der Waals surface area (Å²) in [6.07, 6.45) is 0.0383. The van der Waals surface area contributed by atoms with Gasteiger partial charge in [0, 0.05) is 0 Å². The lowest BCUT2D eigenvalue weighted by molar-refractivity contribution is -0.159. The molecule has 2 aromatic carbocycles. The molecule has 4 rings (SSSR count). The maximum Gasteiger partial charge on any atom is 0.319 e. The van der Waals surface area contributed by atoms with Crippen LogP contribution < -0.4 is 5.32 Å². The highest BCUT2D eigenvalue weighted by Crippen LogP contribution is 2.40. The van der Waals surface area contributed by atoms with E-state index in [0.29, 0.717) is 5.57 Å². The summed E-state index contributed by atoms with van der Waals surface area (Å²) in [6.45, 7) is 11.0. The Morgan fingerprint density at radius 1 is 1.00 bits per heavy atom.